The Morgan fingerprint density at radius 1 is 1.00 bits per heavy atom. The van der Waals surface area contributed by atoms with Gasteiger partial charge in [-0.1, -0.05) is 15.9 Å². The molecule has 0 radical (unpaired) electrons. The second-order valence-corrected chi connectivity index (χ2v) is 6.88. The Balaban J connectivity index is 1.66. The molecule has 136 valence electrons. The van der Waals surface area contributed by atoms with E-state index in [0.29, 0.717) is 10.5 Å². The van der Waals surface area contributed by atoms with Crippen LogP contribution in [-0.4, -0.2) is 30.1 Å². The molecule has 2 amide bonds. The van der Waals surface area contributed by atoms with Crippen LogP contribution in [0.4, 0.5) is 4.39 Å². The largest absolute Gasteiger partial charge is 0.455 e. The lowest BCUT2D eigenvalue weighted by atomic mass is 10.2. The van der Waals surface area contributed by atoms with E-state index in [-0.39, 0.29) is 11.6 Å². The highest BCUT2D eigenvalue weighted by Crippen LogP contribution is 2.18. The summed E-state index contributed by atoms with van der Waals surface area (Å²) in [6.07, 6.45) is 0. The van der Waals surface area contributed by atoms with Crippen LogP contribution in [0.1, 0.15) is 10.4 Å². The van der Waals surface area contributed by atoms with Crippen molar-refractivity contribution in [3.8, 4) is 0 Å². The first kappa shape index (κ1) is 19.9. The Morgan fingerprint density at radius 2 is 1.65 bits per heavy atom. The number of esters is 1. The number of carbonyl (C=O) groups is 3. The highest BCUT2D eigenvalue weighted by molar-refractivity contribution is 9.10. The minimum Gasteiger partial charge on any atom is -0.455 e. The van der Waals surface area contributed by atoms with Gasteiger partial charge < -0.3 is 4.74 Å². The molecule has 0 aliphatic rings. The van der Waals surface area contributed by atoms with Crippen LogP contribution in [0.5, 0.6) is 0 Å². The Hall–Kier alpha value is -2.39. The molecule has 2 aromatic carbocycles. The standard InChI is InChI=1S/C17H14BrFN2O4S/c18-12-3-1-11(2-4-12)17(24)21-20-15(22)9-25-16(23)10-26-14-7-5-13(19)6-8-14/h1-8H,9-10H2,(H,20,22)(H,21,24). The van der Waals surface area contributed by atoms with Crippen LogP contribution in [0.2, 0.25) is 0 Å². The van der Waals surface area contributed by atoms with Crippen molar-refractivity contribution in [2.24, 2.45) is 0 Å². The van der Waals surface area contributed by atoms with Crippen LogP contribution in [-0.2, 0) is 14.3 Å². The predicted octanol–water partition coefficient (Wildman–Crippen LogP) is 2.68. The van der Waals surface area contributed by atoms with E-state index in [1.165, 1.54) is 24.3 Å². The van der Waals surface area contributed by atoms with Gasteiger partial charge in [0.25, 0.3) is 11.8 Å². The van der Waals surface area contributed by atoms with Crippen molar-refractivity contribution in [2.45, 2.75) is 4.90 Å². The van der Waals surface area contributed by atoms with Gasteiger partial charge in [0.05, 0.1) is 5.75 Å². The number of nitrogens with one attached hydrogen (secondary N) is 2. The molecule has 0 fully saturated rings. The van der Waals surface area contributed by atoms with Gasteiger partial charge in [-0.15, -0.1) is 11.8 Å². The molecule has 26 heavy (non-hydrogen) atoms. The summed E-state index contributed by atoms with van der Waals surface area (Å²) in [7, 11) is 0. The lowest BCUT2D eigenvalue weighted by Gasteiger charge is -2.08. The van der Waals surface area contributed by atoms with Crippen LogP contribution in [0, 0.1) is 5.82 Å². The highest BCUT2D eigenvalue weighted by Gasteiger charge is 2.10. The monoisotopic (exact) mass is 440 g/mol. The maximum atomic E-state index is 12.8. The van der Waals surface area contributed by atoms with Gasteiger partial charge in [0.15, 0.2) is 6.61 Å². The number of carbonyl (C=O) groups excluding carboxylic acids is 3. The van der Waals surface area contributed by atoms with Crippen LogP contribution < -0.4 is 10.9 Å². The summed E-state index contributed by atoms with van der Waals surface area (Å²) < 4.78 is 18.4. The fourth-order valence-electron chi connectivity index (χ4n) is 1.70. The molecule has 2 rings (SSSR count). The first-order valence-corrected chi connectivity index (χ1v) is 9.10. The zero-order valence-electron chi connectivity index (χ0n) is 13.3. The van der Waals surface area contributed by atoms with Crippen LogP contribution in [0.3, 0.4) is 0 Å². The van der Waals surface area contributed by atoms with Gasteiger partial charge in [-0.2, -0.15) is 0 Å². The Morgan fingerprint density at radius 3 is 2.31 bits per heavy atom. The molecule has 0 saturated heterocycles. The average Bonchev–Trinajstić information content (AvgIpc) is 2.64. The molecule has 0 aliphatic heterocycles. The van der Waals surface area contributed by atoms with Gasteiger partial charge in [0, 0.05) is 14.9 Å². The second kappa shape index (κ2) is 9.93. The summed E-state index contributed by atoms with van der Waals surface area (Å²) in [6.45, 7) is -0.524. The molecule has 0 unspecified atom stereocenters. The summed E-state index contributed by atoms with van der Waals surface area (Å²) in [5.74, 6) is -2.16. The minimum atomic E-state index is -0.671. The second-order valence-electron chi connectivity index (χ2n) is 4.91. The third-order valence-corrected chi connectivity index (χ3v) is 4.47. The zero-order chi connectivity index (χ0) is 18.9. The smallest absolute Gasteiger partial charge is 0.316 e. The molecule has 0 aromatic heterocycles. The fourth-order valence-corrected chi connectivity index (χ4v) is 2.66. The third kappa shape index (κ3) is 6.85. The molecular weight excluding hydrogens is 427 g/mol. The fraction of sp³-hybridized carbons (Fsp3) is 0.118. The molecule has 0 spiro atoms. The van der Waals surface area contributed by atoms with Crippen LogP contribution in [0.25, 0.3) is 0 Å². The number of hydrogen-bond acceptors (Lipinski definition) is 5. The van der Waals surface area contributed by atoms with Crippen molar-refractivity contribution in [2.75, 3.05) is 12.4 Å². The lowest BCUT2D eigenvalue weighted by molar-refractivity contribution is -0.146. The number of benzene rings is 2. The molecule has 0 saturated carbocycles. The number of halogens is 2. The van der Waals surface area contributed by atoms with E-state index < -0.39 is 24.4 Å². The van der Waals surface area contributed by atoms with E-state index in [9.17, 15) is 18.8 Å². The minimum absolute atomic E-state index is 0.0236. The molecule has 0 atom stereocenters. The molecular formula is C17H14BrFN2O4S. The van der Waals surface area contributed by atoms with Crippen LogP contribution >= 0.6 is 27.7 Å². The highest BCUT2D eigenvalue weighted by atomic mass is 79.9. The number of hydrazine groups is 1. The third-order valence-electron chi connectivity index (χ3n) is 2.96. The van der Waals surface area contributed by atoms with Gasteiger partial charge in [0.1, 0.15) is 5.82 Å². The number of rotatable bonds is 6. The topological polar surface area (TPSA) is 84.5 Å². The van der Waals surface area contributed by atoms with Gasteiger partial charge >= 0.3 is 5.97 Å². The normalized spacial score (nSPS) is 10.1. The quantitative estimate of drug-likeness (QED) is 0.409. The number of amides is 2. The van der Waals surface area contributed by atoms with Crippen molar-refractivity contribution in [3.63, 3.8) is 0 Å². The van der Waals surface area contributed by atoms with Gasteiger partial charge in [0.2, 0.25) is 0 Å². The summed E-state index contributed by atoms with van der Waals surface area (Å²) in [5, 5.41) is 0. The average molecular weight is 441 g/mol. The molecule has 0 bridgehead atoms. The van der Waals surface area contributed by atoms with Crippen molar-refractivity contribution in [1.29, 1.82) is 0 Å². The molecule has 0 aliphatic carbocycles. The van der Waals surface area contributed by atoms with Crippen molar-refractivity contribution >= 4 is 45.5 Å². The predicted molar refractivity (Wildman–Crippen MR) is 97.8 cm³/mol. The van der Waals surface area contributed by atoms with Crippen LogP contribution in [0.15, 0.2) is 57.9 Å². The maximum Gasteiger partial charge on any atom is 0.316 e. The van der Waals surface area contributed by atoms with E-state index >= 15 is 0 Å². The van der Waals surface area contributed by atoms with E-state index in [1.54, 1.807) is 24.3 Å². The van der Waals surface area contributed by atoms with E-state index in [0.717, 1.165) is 16.2 Å². The van der Waals surface area contributed by atoms with Gasteiger partial charge in [-0.3, -0.25) is 25.2 Å². The van der Waals surface area contributed by atoms with Crippen molar-refractivity contribution < 1.29 is 23.5 Å². The van der Waals surface area contributed by atoms with Gasteiger partial charge in [-0.05, 0) is 48.5 Å². The summed E-state index contributed by atoms with van der Waals surface area (Å²) >= 11 is 4.41. The van der Waals surface area contributed by atoms with E-state index in [2.05, 4.69) is 26.8 Å². The summed E-state index contributed by atoms with van der Waals surface area (Å²) in [6, 6.07) is 12.2. The Labute approximate surface area is 161 Å². The Kier molecular flexibility index (Phi) is 7.61. The summed E-state index contributed by atoms with van der Waals surface area (Å²) in [4.78, 5) is 35.7. The molecule has 2 aromatic rings. The van der Waals surface area contributed by atoms with Gasteiger partial charge in [-0.25, -0.2) is 4.39 Å². The Bertz CT molecular complexity index is 784. The zero-order valence-corrected chi connectivity index (χ0v) is 15.7. The maximum absolute atomic E-state index is 12.8. The first-order chi connectivity index (χ1) is 12.4. The van der Waals surface area contributed by atoms with E-state index in [1.807, 2.05) is 0 Å². The van der Waals surface area contributed by atoms with E-state index in [4.69, 9.17) is 4.74 Å². The number of thioether (sulfide) groups is 1. The first-order valence-electron chi connectivity index (χ1n) is 7.33. The number of ether oxygens (including phenoxy) is 1. The SMILES string of the molecule is O=C(COC(=O)CSc1ccc(F)cc1)NNC(=O)c1ccc(Br)cc1. The summed E-state index contributed by atoms with van der Waals surface area (Å²) in [5.41, 5.74) is 4.74. The lowest BCUT2D eigenvalue weighted by Crippen LogP contribution is -2.43. The number of hydrogen-bond donors (Lipinski definition) is 2. The molecule has 0 heterocycles. The molecule has 9 heteroatoms. The van der Waals surface area contributed by atoms with Crippen molar-refractivity contribution in [1.82, 2.24) is 10.9 Å². The van der Waals surface area contributed by atoms with Crippen molar-refractivity contribution in [3.05, 3.63) is 64.4 Å². The molecule has 6 nitrogen and oxygen atoms in total. The molecule has 2 N–H and O–H groups in total.